The molecule has 1 aromatic heterocycles. The van der Waals surface area contributed by atoms with Gasteiger partial charge in [-0.15, -0.1) is 11.3 Å². The highest BCUT2D eigenvalue weighted by molar-refractivity contribution is 7.09. The van der Waals surface area contributed by atoms with Crippen molar-refractivity contribution in [3.8, 4) is 0 Å². The standard InChI is InChI=1S/C23H21NO6S/c24-23(21(26)27,14-18-12-7-13-31-18)22(28)30-19(17-10-5-2-6-11-17)20(25)29-15-16-8-3-1-4-9-16/h1-13,19H,14-15,24H2,(H,26,27). The van der Waals surface area contributed by atoms with E-state index in [9.17, 15) is 19.5 Å². The van der Waals surface area contributed by atoms with E-state index in [2.05, 4.69) is 0 Å². The van der Waals surface area contributed by atoms with Gasteiger partial charge in [-0.2, -0.15) is 0 Å². The first-order valence-electron chi connectivity index (χ1n) is 9.41. The fraction of sp³-hybridized carbons (Fsp3) is 0.174. The van der Waals surface area contributed by atoms with Gasteiger partial charge in [-0.25, -0.2) is 14.4 Å². The van der Waals surface area contributed by atoms with Crippen molar-refractivity contribution in [2.45, 2.75) is 24.7 Å². The molecule has 0 spiro atoms. The Morgan fingerprint density at radius 1 is 0.968 bits per heavy atom. The summed E-state index contributed by atoms with van der Waals surface area (Å²) in [6.45, 7) is -0.0253. The zero-order valence-corrected chi connectivity index (χ0v) is 17.3. The van der Waals surface area contributed by atoms with Crippen LogP contribution in [0, 0.1) is 0 Å². The SMILES string of the molecule is NC(Cc1cccs1)(C(=O)O)C(=O)OC(C(=O)OCc1ccccc1)c1ccccc1. The summed E-state index contributed by atoms with van der Waals surface area (Å²) in [4.78, 5) is 38.1. The quantitative estimate of drug-likeness (QED) is 0.389. The van der Waals surface area contributed by atoms with Crippen LogP contribution in [-0.4, -0.2) is 28.6 Å². The van der Waals surface area contributed by atoms with Gasteiger partial charge >= 0.3 is 17.9 Å². The molecule has 0 saturated heterocycles. The predicted molar refractivity (Wildman–Crippen MR) is 114 cm³/mol. The Hall–Kier alpha value is -3.49. The minimum absolute atomic E-state index is 0.0253. The van der Waals surface area contributed by atoms with Crippen LogP contribution >= 0.6 is 11.3 Å². The van der Waals surface area contributed by atoms with E-state index >= 15 is 0 Å². The predicted octanol–water partition coefficient (Wildman–Crippen LogP) is 3.10. The van der Waals surface area contributed by atoms with Crippen LogP contribution in [0.5, 0.6) is 0 Å². The molecule has 8 heteroatoms. The summed E-state index contributed by atoms with van der Waals surface area (Å²) in [7, 11) is 0. The topological polar surface area (TPSA) is 116 Å². The number of nitrogens with two attached hydrogens (primary N) is 1. The van der Waals surface area contributed by atoms with Gasteiger partial charge in [0.2, 0.25) is 11.6 Å². The lowest BCUT2D eigenvalue weighted by atomic mass is 9.95. The van der Waals surface area contributed by atoms with Gasteiger partial charge in [0.25, 0.3) is 0 Å². The molecule has 7 nitrogen and oxygen atoms in total. The van der Waals surface area contributed by atoms with E-state index in [1.54, 1.807) is 72.1 Å². The summed E-state index contributed by atoms with van der Waals surface area (Å²) in [6, 6.07) is 20.6. The van der Waals surface area contributed by atoms with Crippen LogP contribution in [0.2, 0.25) is 0 Å². The number of rotatable bonds is 9. The molecular weight excluding hydrogens is 418 g/mol. The van der Waals surface area contributed by atoms with Crippen molar-refractivity contribution in [3.05, 3.63) is 94.2 Å². The van der Waals surface area contributed by atoms with Crippen molar-refractivity contribution in [1.82, 2.24) is 0 Å². The maximum Gasteiger partial charge on any atom is 0.352 e. The molecule has 160 valence electrons. The number of carboxylic acids is 1. The number of hydrogen-bond donors (Lipinski definition) is 2. The normalized spacial score (nSPS) is 13.6. The van der Waals surface area contributed by atoms with E-state index in [0.29, 0.717) is 10.4 Å². The lowest BCUT2D eigenvalue weighted by Crippen LogP contribution is -2.57. The first kappa shape index (κ1) is 22.2. The van der Waals surface area contributed by atoms with Crippen LogP contribution in [0.1, 0.15) is 22.1 Å². The van der Waals surface area contributed by atoms with E-state index < -0.39 is 29.6 Å². The molecule has 0 bridgehead atoms. The summed E-state index contributed by atoms with van der Waals surface area (Å²) < 4.78 is 10.7. The van der Waals surface area contributed by atoms with Gasteiger partial charge in [-0.1, -0.05) is 66.7 Å². The second kappa shape index (κ2) is 10.0. The summed E-state index contributed by atoms with van der Waals surface area (Å²) in [6.07, 6.45) is -1.72. The monoisotopic (exact) mass is 439 g/mol. The summed E-state index contributed by atoms with van der Waals surface area (Å²) in [5.41, 5.74) is 4.70. The third kappa shape index (κ3) is 5.56. The Kier molecular flexibility index (Phi) is 7.17. The average molecular weight is 439 g/mol. The van der Waals surface area contributed by atoms with Crippen molar-refractivity contribution < 1.29 is 29.0 Å². The molecule has 2 aromatic carbocycles. The minimum atomic E-state index is -2.35. The van der Waals surface area contributed by atoms with Crippen molar-refractivity contribution in [2.75, 3.05) is 0 Å². The molecular formula is C23H21NO6S. The molecule has 31 heavy (non-hydrogen) atoms. The van der Waals surface area contributed by atoms with Crippen molar-refractivity contribution in [2.24, 2.45) is 5.73 Å². The van der Waals surface area contributed by atoms with E-state index in [-0.39, 0.29) is 13.0 Å². The number of benzene rings is 2. The van der Waals surface area contributed by atoms with E-state index in [1.807, 2.05) is 6.07 Å². The average Bonchev–Trinajstić information content (AvgIpc) is 3.29. The Morgan fingerprint density at radius 2 is 1.61 bits per heavy atom. The summed E-state index contributed by atoms with van der Waals surface area (Å²) in [5.74, 6) is -3.60. The number of esters is 2. The first-order chi connectivity index (χ1) is 14.9. The van der Waals surface area contributed by atoms with Crippen LogP contribution < -0.4 is 5.73 Å². The van der Waals surface area contributed by atoms with Gasteiger partial charge in [0, 0.05) is 16.9 Å². The molecule has 0 saturated carbocycles. The maximum atomic E-state index is 12.9. The Labute approximate surface area is 183 Å². The third-order valence-corrected chi connectivity index (χ3v) is 5.42. The second-order valence-electron chi connectivity index (χ2n) is 6.82. The van der Waals surface area contributed by atoms with E-state index in [4.69, 9.17) is 15.2 Å². The van der Waals surface area contributed by atoms with Gasteiger partial charge in [-0.3, -0.25) is 0 Å². The molecule has 0 aliphatic heterocycles. The van der Waals surface area contributed by atoms with Crippen LogP contribution in [0.4, 0.5) is 0 Å². The van der Waals surface area contributed by atoms with Crippen LogP contribution in [0.25, 0.3) is 0 Å². The number of carbonyl (C=O) groups is 3. The molecule has 2 unspecified atom stereocenters. The number of carbonyl (C=O) groups excluding carboxylic acids is 2. The lowest BCUT2D eigenvalue weighted by Gasteiger charge is -2.25. The van der Waals surface area contributed by atoms with Crippen LogP contribution in [0.15, 0.2) is 78.2 Å². The Balaban J connectivity index is 1.81. The van der Waals surface area contributed by atoms with Crippen molar-refractivity contribution in [3.63, 3.8) is 0 Å². The second-order valence-corrected chi connectivity index (χ2v) is 7.85. The fourth-order valence-corrected chi connectivity index (χ4v) is 3.62. The highest BCUT2D eigenvalue weighted by atomic mass is 32.1. The van der Waals surface area contributed by atoms with Gasteiger partial charge < -0.3 is 20.3 Å². The largest absolute Gasteiger partial charge is 0.479 e. The first-order valence-corrected chi connectivity index (χ1v) is 10.3. The molecule has 3 rings (SSSR count). The molecule has 0 aliphatic rings. The molecule has 0 aliphatic carbocycles. The number of aliphatic carboxylic acids is 1. The number of thiophene rings is 1. The van der Waals surface area contributed by atoms with Crippen molar-refractivity contribution >= 4 is 29.2 Å². The zero-order valence-electron chi connectivity index (χ0n) is 16.5. The van der Waals surface area contributed by atoms with E-state index in [1.165, 1.54) is 11.3 Å². The van der Waals surface area contributed by atoms with Crippen molar-refractivity contribution in [1.29, 1.82) is 0 Å². The lowest BCUT2D eigenvalue weighted by molar-refractivity contribution is -0.176. The highest BCUT2D eigenvalue weighted by Crippen LogP contribution is 2.25. The van der Waals surface area contributed by atoms with E-state index in [0.717, 1.165) is 5.56 Å². The maximum absolute atomic E-state index is 12.9. The highest BCUT2D eigenvalue weighted by Gasteiger charge is 2.46. The molecule has 3 N–H and O–H groups in total. The number of carboxylic acid groups (broad SMARTS) is 1. The van der Waals surface area contributed by atoms with Gasteiger partial charge in [0.1, 0.15) is 6.61 Å². The van der Waals surface area contributed by atoms with Gasteiger partial charge in [0.05, 0.1) is 0 Å². The third-order valence-electron chi connectivity index (χ3n) is 4.54. The van der Waals surface area contributed by atoms with Crippen LogP contribution in [-0.2, 0) is 36.9 Å². The Morgan fingerprint density at radius 3 is 2.19 bits per heavy atom. The zero-order chi connectivity index (χ0) is 22.3. The summed E-state index contributed by atoms with van der Waals surface area (Å²) >= 11 is 1.27. The molecule has 0 radical (unpaired) electrons. The molecule has 1 heterocycles. The molecule has 0 fully saturated rings. The number of hydrogen-bond acceptors (Lipinski definition) is 7. The van der Waals surface area contributed by atoms with Gasteiger partial charge in [-0.05, 0) is 17.0 Å². The molecule has 3 aromatic rings. The minimum Gasteiger partial charge on any atom is -0.479 e. The van der Waals surface area contributed by atoms with Crippen LogP contribution in [0.3, 0.4) is 0 Å². The Bertz CT molecular complexity index is 1020. The summed E-state index contributed by atoms with van der Waals surface area (Å²) in [5, 5.41) is 11.4. The smallest absolute Gasteiger partial charge is 0.352 e. The van der Waals surface area contributed by atoms with Gasteiger partial charge in [0.15, 0.2) is 0 Å². The molecule has 0 amide bonds. The molecule has 2 atom stereocenters. The fourth-order valence-electron chi connectivity index (χ4n) is 2.82. The number of ether oxygens (including phenoxy) is 2.